The van der Waals surface area contributed by atoms with Gasteiger partial charge in [-0.25, -0.2) is 30.8 Å². The molecule has 49 heavy (non-hydrogen) atoms. The monoisotopic (exact) mass is 980 g/mol. The van der Waals surface area contributed by atoms with Gasteiger partial charge >= 0.3 is 0 Å². The summed E-state index contributed by atoms with van der Waals surface area (Å²) in [4.78, 5) is 14.7. The van der Waals surface area contributed by atoms with E-state index in [1.54, 1.807) is 72.7 Å². The molecule has 2 aromatic carbocycles. The van der Waals surface area contributed by atoms with Crippen molar-refractivity contribution in [3.8, 4) is 0 Å². The van der Waals surface area contributed by atoms with Crippen LogP contribution in [-0.4, -0.2) is 47.3 Å². The van der Waals surface area contributed by atoms with Gasteiger partial charge in [-0.05, 0) is 106 Å². The number of halogens is 3. The van der Waals surface area contributed by atoms with E-state index >= 15 is 0 Å². The Kier molecular flexibility index (Phi) is 15.6. The number of fused-ring (bicyclic) bond motifs is 2. The average Bonchev–Trinajstić information content (AvgIpc) is 3.65. The first-order chi connectivity index (χ1) is 23.5. The summed E-state index contributed by atoms with van der Waals surface area (Å²) in [6.07, 6.45) is 12.2. The summed E-state index contributed by atoms with van der Waals surface area (Å²) in [6, 6.07) is 20.6. The minimum absolute atomic E-state index is 0.136. The molecule has 0 atom stereocenters. The number of pyridine rings is 2. The molecule has 0 unspecified atom stereocenters. The standard InChI is InChI=1S/C17H17IN2O2S2.C11H13IN2S.C6H5ClO2S/c1-2-3-9-23-13-10-15-16(18)12-20(17(15)19-11-13)24(21,22)14-7-5-4-6-8-14;1-2-3-4-15-8-5-9-10(12)7-14-11(9)13-6-8;7-10(8,9)6-4-2-1-3-5-6/h4-8,10-12H,2-3,9H2,1H3;5-7H,2-4H2,1H3,(H,13,14);1-5H. The second kappa shape index (κ2) is 19.1. The minimum atomic E-state index is -3.64. The molecule has 260 valence electrons. The van der Waals surface area contributed by atoms with Gasteiger partial charge < -0.3 is 4.98 Å². The number of aromatic amines is 1. The summed E-state index contributed by atoms with van der Waals surface area (Å²) < 4.78 is 50.3. The first-order valence-corrected chi connectivity index (χ1v) is 23.2. The molecule has 4 aromatic heterocycles. The van der Waals surface area contributed by atoms with Crippen LogP contribution in [0.2, 0.25) is 0 Å². The zero-order chi connectivity index (χ0) is 35.4. The molecule has 0 bridgehead atoms. The maximum atomic E-state index is 12.9. The molecule has 0 aliphatic rings. The van der Waals surface area contributed by atoms with Crippen LogP contribution in [0.4, 0.5) is 0 Å². The van der Waals surface area contributed by atoms with Crippen LogP contribution in [0, 0.1) is 7.14 Å². The van der Waals surface area contributed by atoms with Gasteiger partial charge in [0.2, 0.25) is 0 Å². The van der Waals surface area contributed by atoms with E-state index in [-0.39, 0.29) is 9.79 Å². The van der Waals surface area contributed by atoms with E-state index in [1.165, 1.54) is 48.6 Å². The molecular formula is C34H35ClI2N4O4S4. The quantitative estimate of drug-likeness (QED) is 0.0591. The van der Waals surface area contributed by atoms with Crippen molar-refractivity contribution in [2.24, 2.45) is 0 Å². The van der Waals surface area contributed by atoms with Gasteiger partial charge in [0, 0.05) is 63.2 Å². The molecule has 0 aliphatic carbocycles. The molecule has 0 fully saturated rings. The van der Waals surface area contributed by atoms with E-state index in [9.17, 15) is 16.8 Å². The highest BCUT2D eigenvalue weighted by molar-refractivity contribution is 14.1. The Labute approximate surface area is 328 Å². The number of aromatic nitrogens is 4. The predicted molar refractivity (Wildman–Crippen MR) is 221 cm³/mol. The van der Waals surface area contributed by atoms with Crippen LogP contribution in [0.1, 0.15) is 39.5 Å². The maximum Gasteiger partial charge on any atom is 0.269 e. The van der Waals surface area contributed by atoms with Crippen LogP contribution in [0.5, 0.6) is 0 Å². The van der Waals surface area contributed by atoms with Crippen molar-refractivity contribution in [1.29, 1.82) is 0 Å². The lowest BCUT2D eigenvalue weighted by Crippen LogP contribution is -2.12. The summed E-state index contributed by atoms with van der Waals surface area (Å²) in [6.45, 7) is 4.39. The van der Waals surface area contributed by atoms with Crippen LogP contribution in [0.3, 0.4) is 0 Å². The van der Waals surface area contributed by atoms with Gasteiger partial charge in [0.25, 0.3) is 19.1 Å². The first-order valence-electron chi connectivity index (χ1n) is 15.3. The van der Waals surface area contributed by atoms with E-state index in [0.717, 1.165) is 38.1 Å². The van der Waals surface area contributed by atoms with E-state index < -0.39 is 19.1 Å². The van der Waals surface area contributed by atoms with Crippen molar-refractivity contribution in [3.05, 3.63) is 105 Å². The predicted octanol–water partition coefficient (Wildman–Crippen LogP) is 10.4. The molecule has 15 heteroatoms. The van der Waals surface area contributed by atoms with Gasteiger partial charge in [0.1, 0.15) is 5.65 Å². The van der Waals surface area contributed by atoms with E-state index in [0.29, 0.717) is 5.65 Å². The second-order valence-electron chi connectivity index (χ2n) is 10.5. The highest BCUT2D eigenvalue weighted by Crippen LogP contribution is 2.30. The summed E-state index contributed by atoms with van der Waals surface area (Å²) in [5.41, 5.74) is 1.46. The third-order valence-electron chi connectivity index (χ3n) is 6.85. The molecule has 0 radical (unpaired) electrons. The molecule has 0 saturated carbocycles. The first kappa shape index (κ1) is 39.9. The van der Waals surface area contributed by atoms with E-state index in [2.05, 4.69) is 80.0 Å². The number of nitrogens with one attached hydrogen (secondary N) is 1. The normalized spacial score (nSPS) is 11.5. The number of nitrogens with zero attached hydrogens (tertiary/aromatic N) is 3. The fourth-order valence-corrected chi connectivity index (χ4v) is 9.84. The van der Waals surface area contributed by atoms with E-state index in [4.69, 9.17) is 10.7 Å². The summed E-state index contributed by atoms with van der Waals surface area (Å²) >= 11 is 8.15. The third-order valence-corrected chi connectivity index (χ3v) is 13.7. The zero-order valence-corrected chi connectivity index (χ0v) is 35.1. The maximum absolute atomic E-state index is 12.9. The summed E-state index contributed by atoms with van der Waals surface area (Å²) in [7, 11) is -2.14. The highest BCUT2D eigenvalue weighted by Gasteiger charge is 2.21. The van der Waals surface area contributed by atoms with Crippen LogP contribution >= 0.6 is 79.4 Å². The van der Waals surface area contributed by atoms with Crippen molar-refractivity contribution < 1.29 is 16.8 Å². The van der Waals surface area contributed by atoms with Crippen molar-refractivity contribution in [2.45, 2.75) is 59.1 Å². The molecule has 8 nitrogen and oxygen atoms in total. The Morgan fingerprint density at radius 2 is 1.29 bits per heavy atom. The lowest BCUT2D eigenvalue weighted by atomic mass is 10.3. The van der Waals surface area contributed by atoms with Crippen LogP contribution in [-0.2, 0) is 19.1 Å². The number of hydrogen-bond donors (Lipinski definition) is 1. The van der Waals surface area contributed by atoms with Crippen LogP contribution in [0.25, 0.3) is 22.1 Å². The smallest absolute Gasteiger partial charge is 0.269 e. The number of H-pyrrole nitrogens is 1. The van der Waals surface area contributed by atoms with Gasteiger partial charge in [0.05, 0.1) is 9.79 Å². The molecule has 0 amide bonds. The van der Waals surface area contributed by atoms with Gasteiger partial charge in [-0.15, -0.1) is 23.5 Å². The molecule has 0 aliphatic heterocycles. The zero-order valence-electron chi connectivity index (χ0n) is 26.7. The average molecular weight is 981 g/mol. The van der Waals surface area contributed by atoms with Crippen LogP contribution < -0.4 is 0 Å². The van der Waals surface area contributed by atoms with Gasteiger partial charge in [-0.3, -0.25) is 0 Å². The Hall–Kier alpha value is -1.83. The van der Waals surface area contributed by atoms with Gasteiger partial charge in [-0.2, -0.15) is 0 Å². The minimum Gasteiger partial charge on any atom is -0.345 e. The highest BCUT2D eigenvalue weighted by atomic mass is 127. The Bertz CT molecular complexity index is 2180. The van der Waals surface area contributed by atoms with Crippen molar-refractivity contribution in [2.75, 3.05) is 11.5 Å². The molecular weight excluding hydrogens is 946 g/mol. The molecule has 1 N–H and O–H groups in total. The van der Waals surface area contributed by atoms with Crippen molar-refractivity contribution in [3.63, 3.8) is 0 Å². The Balaban J connectivity index is 0.000000184. The fraction of sp³-hybridized carbons (Fsp3) is 0.235. The lowest BCUT2D eigenvalue weighted by Gasteiger charge is -2.07. The fourth-order valence-electron chi connectivity index (χ4n) is 4.27. The van der Waals surface area contributed by atoms with Gasteiger partial charge in [0.15, 0.2) is 5.65 Å². The van der Waals surface area contributed by atoms with Gasteiger partial charge in [-0.1, -0.05) is 63.1 Å². The number of unbranched alkanes of at least 4 members (excludes halogenated alkanes) is 2. The number of benzene rings is 2. The van der Waals surface area contributed by atoms with Crippen molar-refractivity contribution in [1.82, 2.24) is 18.9 Å². The second-order valence-corrected chi connectivity index (χ2v) is 19.5. The molecule has 6 rings (SSSR count). The molecule has 4 heterocycles. The topological polar surface area (TPSA) is 115 Å². The number of hydrogen-bond acceptors (Lipinski definition) is 8. The summed E-state index contributed by atoms with van der Waals surface area (Å²) in [5, 5.41) is 2.11. The summed E-state index contributed by atoms with van der Waals surface area (Å²) in [5.74, 6) is 2.23. The lowest BCUT2D eigenvalue weighted by molar-refractivity contribution is 0.588. The molecule has 0 spiro atoms. The largest absolute Gasteiger partial charge is 0.345 e. The van der Waals surface area contributed by atoms with Crippen LogP contribution in [0.15, 0.2) is 117 Å². The molecule has 0 saturated heterocycles. The molecule has 6 aromatic rings. The third kappa shape index (κ3) is 11.3. The number of rotatable bonds is 11. The van der Waals surface area contributed by atoms with Crippen molar-refractivity contribution >= 4 is 121 Å². The Morgan fingerprint density at radius 3 is 1.82 bits per heavy atom. The Morgan fingerprint density at radius 1 is 0.755 bits per heavy atom. The van der Waals surface area contributed by atoms with E-state index in [1.807, 2.05) is 30.2 Å². The SMILES string of the molecule is CCCCSc1cnc2[nH]cc(I)c2c1.CCCCSc1cnc2c(c1)c(I)cn2S(=O)(=O)c1ccccc1.O=S(=O)(Cl)c1ccccc1. The number of thioether (sulfide) groups is 2.